The number of allylic oxidation sites excluding steroid dienone is 6. The molecule has 55 heavy (non-hydrogen) atoms. The fourth-order valence-corrected chi connectivity index (χ4v) is 6.63. The van der Waals surface area contributed by atoms with Crippen LogP contribution in [0.5, 0.6) is 0 Å². The molecule has 0 aromatic rings. The molecule has 1 unspecified atom stereocenters. The molecule has 320 valence electrons. The van der Waals surface area contributed by atoms with Gasteiger partial charge in [-0.15, -0.1) is 0 Å². The Labute approximate surface area is 340 Å². The number of hydrogen-bond donors (Lipinski definition) is 0. The van der Waals surface area contributed by atoms with Crippen LogP contribution in [0.25, 0.3) is 0 Å². The maximum Gasteiger partial charge on any atom is 0.306 e. The van der Waals surface area contributed by atoms with Gasteiger partial charge in [0.05, 0.1) is 0 Å². The highest BCUT2D eigenvalue weighted by Gasteiger charge is 2.19. The topological polar surface area (TPSA) is 78.9 Å². The summed E-state index contributed by atoms with van der Waals surface area (Å²) in [5.41, 5.74) is 0. The molecule has 0 saturated heterocycles. The van der Waals surface area contributed by atoms with E-state index in [9.17, 15) is 14.4 Å². The maximum atomic E-state index is 12.6. The molecule has 0 fully saturated rings. The van der Waals surface area contributed by atoms with Crippen LogP contribution < -0.4 is 0 Å². The average molecular weight is 773 g/mol. The van der Waals surface area contributed by atoms with Crippen molar-refractivity contribution in [2.45, 2.75) is 245 Å². The lowest BCUT2D eigenvalue weighted by molar-refractivity contribution is -0.167. The Kier molecular flexibility index (Phi) is 42.4. The summed E-state index contributed by atoms with van der Waals surface area (Å²) in [4.78, 5) is 37.5. The SMILES string of the molecule is CC/C=C\C/C=C\C/C=C\CCCCCC(=O)OC(COC(=O)CCCCCCC)COC(=O)CCCCCCCCCCCCCCCCCCCCC. The van der Waals surface area contributed by atoms with Gasteiger partial charge in [-0.05, 0) is 51.4 Å². The first-order chi connectivity index (χ1) is 27.0. The standard InChI is InChI=1S/C49H88O6/c1-4-7-10-13-15-17-19-21-22-23-24-25-26-28-29-31-33-36-39-42-48(51)54-45-46(44-53-47(50)41-38-35-12-9-6-3)55-49(52)43-40-37-34-32-30-27-20-18-16-14-11-8-5-2/h8,11,16,18,27,30,46H,4-7,9-10,12-15,17,19-26,28-29,31-45H2,1-3H3/b11-8-,18-16-,30-27-. The first-order valence-electron chi connectivity index (χ1n) is 23.5. The summed E-state index contributed by atoms with van der Waals surface area (Å²) in [7, 11) is 0. The highest BCUT2D eigenvalue weighted by molar-refractivity contribution is 5.71. The van der Waals surface area contributed by atoms with E-state index in [1.165, 1.54) is 109 Å². The minimum atomic E-state index is -0.779. The van der Waals surface area contributed by atoms with Gasteiger partial charge in [0.25, 0.3) is 0 Å². The van der Waals surface area contributed by atoms with E-state index in [-0.39, 0.29) is 31.1 Å². The van der Waals surface area contributed by atoms with Crippen LogP contribution >= 0.6 is 0 Å². The van der Waals surface area contributed by atoms with Gasteiger partial charge in [0.15, 0.2) is 6.10 Å². The first kappa shape index (κ1) is 52.6. The van der Waals surface area contributed by atoms with E-state index in [0.717, 1.165) is 89.9 Å². The van der Waals surface area contributed by atoms with Gasteiger partial charge in [0.1, 0.15) is 13.2 Å². The van der Waals surface area contributed by atoms with Crippen LogP contribution in [0.1, 0.15) is 239 Å². The molecular weight excluding hydrogens is 685 g/mol. The summed E-state index contributed by atoms with van der Waals surface area (Å²) in [5, 5.41) is 0. The lowest BCUT2D eigenvalue weighted by Crippen LogP contribution is -2.30. The molecule has 0 N–H and O–H groups in total. The Morgan fingerprint density at radius 3 is 1.11 bits per heavy atom. The largest absolute Gasteiger partial charge is 0.462 e. The molecule has 0 aromatic heterocycles. The second kappa shape index (κ2) is 44.3. The quantitative estimate of drug-likeness (QED) is 0.0266. The van der Waals surface area contributed by atoms with Gasteiger partial charge in [-0.3, -0.25) is 14.4 Å². The van der Waals surface area contributed by atoms with Crippen molar-refractivity contribution >= 4 is 17.9 Å². The number of carbonyl (C=O) groups excluding carboxylic acids is 3. The summed E-state index contributed by atoms with van der Waals surface area (Å²) in [6, 6.07) is 0. The second-order valence-electron chi connectivity index (χ2n) is 15.6. The lowest BCUT2D eigenvalue weighted by Gasteiger charge is -2.18. The average Bonchev–Trinajstić information content (AvgIpc) is 3.18. The fraction of sp³-hybridized carbons (Fsp3) is 0.816. The monoisotopic (exact) mass is 773 g/mol. The lowest BCUT2D eigenvalue weighted by atomic mass is 10.0. The van der Waals surface area contributed by atoms with Crippen LogP contribution in [0.4, 0.5) is 0 Å². The molecule has 0 spiro atoms. The van der Waals surface area contributed by atoms with E-state index in [1.54, 1.807) is 0 Å². The summed E-state index contributed by atoms with van der Waals surface area (Å²) >= 11 is 0. The number of esters is 3. The minimum absolute atomic E-state index is 0.0817. The van der Waals surface area contributed by atoms with Gasteiger partial charge < -0.3 is 14.2 Å². The summed E-state index contributed by atoms with van der Waals surface area (Å²) < 4.78 is 16.6. The van der Waals surface area contributed by atoms with Crippen molar-refractivity contribution in [2.75, 3.05) is 13.2 Å². The number of unbranched alkanes of at least 4 members (excludes halogenated alkanes) is 25. The minimum Gasteiger partial charge on any atom is -0.462 e. The van der Waals surface area contributed by atoms with Gasteiger partial charge in [0.2, 0.25) is 0 Å². The van der Waals surface area contributed by atoms with Crippen molar-refractivity contribution in [1.29, 1.82) is 0 Å². The molecule has 0 rings (SSSR count). The molecule has 0 aliphatic heterocycles. The van der Waals surface area contributed by atoms with Gasteiger partial charge >= 0.3 is 17.9 Å². The van der Waals surface area contributed by atoms with Gasteiger partial charge in [-0.2, -0.15) is 0 Å². The van der Waals surface area contributed by atoms with Crippen LogP contribution in [-0.2, 0) is 28.6 Å². The molecular formula is C49H88O6. The highest BCUT2D eigenvalue weighted by Crippen LogP contribution is 2.15. The summed E-state index contributed by atoms with van der Waals surface area (Å²) in [6.45, 7) is 6.42. The van der Waals surface area contributed by atoms with E-state index < -0.39 is 6.10 Å². The fourth-order valence-electron chi connectivity index (χ4n) is 6.63. The predicted molar refractivity (Wildman–Crippen MR) is 233 cm³/mol. The molecule has 0 aliphatic rings. The molecule has 0 bridgehead atoms. The van der Waals surface area contributed by atoms with E-state index in [1.807, 2.05) is 0 Å². The third-order valence-electron chi connectivity index (χ3n) is 10.2. The summed E-state index contributed by atoms with van der Waals surface area (Å²) in [6.07, 6.45) is 50.3. The summed E-state index contributed by atoms with van der Waals surface area (Å²) in [5.74, 6) is -0.921. The zero-order chi connectivity index (χ0) is 40.1. The maximum absolute atomic E-state index is 12.6. The Balaban J connectivity index is 4.17. The molecule has 0 radical (unpaired) electrons. The number of ether oxygens (including phenoxy) is 3. The van der Waals surface area contributed by atoms with Gasteiger partial charge in [-0.1, -0.05) is 205 Å². The number of carbonyl (C=O) groups is 3. The first-order valence-corrected chi connectivity index (χ1v) is 23.5. The third kappa shape index (κ3) is 42.6. The van der Waals surface area contributed by atoms with Crippen molar-refractivity contribution in [3.63, 3.8) is 0 Å². The zero-order valence-corrected chi connectivity index (χ0v) is 36.4. The molecule has 0 saturated carbocycles. The van der Waals surface area contributed by atoms with E-state index in [4.69, 9.17) is 14.2 Å². The molecule has 1 atom stereocenters. The highest BCUT2D eigenvalue weighted by atomic mass is 16.6. The Hall–Kier alpha value is -2.37. The Bertz CT molecular complexity index is 938. The van der Waals surface area contributed by atoms with Crippen molar-refractivity contribution in [3.8, 4) is 0 Å². The van der Waals surface area contributed by atoms with Crippen LogP contribution in [0.2, 0.25) is 0 Å². The van der Waals surface area contributed by atoms with Crippen LogP contribution in [0.3, 0.4) is 0 Å². The van der Waals surface area contributed by atoms with Crippen molar-refractivity contribution in [3.05, 3.63) is 36.5 Å². The van der Waals surface area contributed by atoms with E-state index in [0.29, 0.717) is 19.3 Å². The molecule has 0 aromatic carbocycles. The van der Waals surface area contributed by atoms with Crippen LogP contribution in [-0.4, -0.2) is 37.2 Å². The third-order valence-corrected chi connectivity index (χ3v) is 10.2. The number of rotatable bonds is 42. The van der Waals surface area contributed by atoms with Crippen molar-refractivity contribution in [2.24, 2.45) is 0 Å². The van der Waals surface area contributed by atoms with E-state index in [2.05, 4.69) is 57.2 Å². The van der Waals surface area contributed by atoms with Crippen molar-refractivity contribution in [1.82, 2.24) is 0 Å². The molecule has 0 amide bonds. The molecule has 0 heterocycles. The molecule has 0 aliphatic carbocycles. The smallest absolute Gasteiger partial charge is 0.306 e. The van der Waals surface area contributed by atoms with E-state index >= 15 is 0 Å². The number of hydrogen-bond acceptors (Lipinski definition) is 6. The normalized spacial score (nSPS) is 12.3. The second-order valence-corrected chi connectivity index (χ2v) is 15.6. The van der Waals surface area contributed by atoms with Gasteiger partial charge in [-0.25, -0.2) is 0 Å². The Morgan fingerprint density at radius 2 is 0.709 bits per heavy atom. The predicted octanol–water partition coefficient (Wildman–Crippen LogP) is 15.0. The molecule has 6 heteroatoms. The zero-order valence-electron chi connectivity index (χ0n) is 36.4. The Morgan fingerprint density at radius 1 is 0.382 bits per heavy atom. The van der Waals surface area contributed by atoms with Crippen LogP contribution in [0, 0.1) is 0 Å². The van der Waals surface area contributed by atoms with Crippen LogP contribution in [0.15, 0.2) is 36.5 Å². The molecule has 6 nitrogen and oxygen atoms in total. The van der Waals surface area contributed by atoms with Gasteiger partial charge in [0, 0.05) is 19.3 Å². The van der Waals surface area contributed by atoms with Crippen molar-refractivity contribution < 1.29 is 28.6 Å².